The van der Waals surface area contributed by atoms with Crippen molar-refractivity contribution in [3.63, 3.8) is 0 Å². The number of nitrogens with zero attached hydrogens (tertiary/aromatic N) is 4. The molecule has 0 saturated carbocycles. The number of aromatic nitrogens is 2. The fourth-order valence-electron chi connectivity index (χ4n) is 3.79. The minimum absolute atomic E-state index is 0.444. The summed E-state index contributed by atoms with van der Waals surface area (Å²) in [5.41, 5.74) is 0. The van der Waals surface area contributed by atoms with E-state index in [4.69, 9.17) is 4.98 Å². The smallest absolute Gasteiger partial charge is 0.224 e. The van der Waals surface area contributed by atoms with Gasteiger partial charge in [0.2, 0.25) is 5.95 Å². The molecule has 134 valence electrons. The van der Waals surface area contributed by atoms with Gasteiger partial charge in [0.1, 0.15) is 5.82 Å². The molecule has 1 unspecified atom stereocenters. The fourth-order valence-corrected chi connectivity index (χ4v) is 4.54. The van der Waals surface area contributed by atoms with Crippen LogP contribution in [0.5, 0.6) is 0 Å². The molecule has 0 amide bonds. The maximum absolute atomic E-state index is 4.79. The topological polar surface area (TPSA) is 44.3 Å². The van der Waals surface area contributed by atoms with Crippen molar-refractivity contribution in [1.82, 2.24) is 14.9 Å². The molecule has 0 aliphatic carbocycles. The molecule has 2 aliphatic rings. The van der Waals surface area contributed by atoms with Crippen molar-refractivity contribution in [2.24, 2.45) is 0 Å². The summed E-state index contributed by atoms with van der Waals surface area (Å²) < 4.78 is 0. The molecular formula is C19H27N5S. The molecule has 2 aromatic heterocycles. The van der Waals surface area contributed by atoms with Crippen molar-refractivity contribution in [2.45, 2.75) is 44.7 Å². The van der Waals surface area contributed by atoms with E-state index in [2.05, 4.69) is 37.6 Å². The van der Waals surface area contributed by atoms with Gasteiger partial charge >= 0.3 is 0 Å². The number of thiophene rings is 1. The Morgan fingerprint density at radius 2 is 2.00 bits per heavy atom. The summed E-state index contributed by atoms with van der Waals surface area (Å²) in [6, 6.07) is 6.85. The lowest BCUT2D eigenvalue weighted by Gasteiger charge is -2.22. The van der Waals surface area contributed by atoms with E-state index >= 15 is 0 Å². The average molecular weight is 358 g/mol. The first-order valence-corrected chi connectivity index (χ1v) is 10.3. The Morgan fingerprint density at radius 3 is 2.80 bits per heavy atom. The van der Waals surface area contributed by atoms with Crippen LogP contribution in [0.1, 0.15) is 37.0 Å². The van der Waals surface area contributed by atoms with Crippen LogP contribution in [-0.4, -0.2) is 47.1 Å². The van der Waals surface area contributed by atoms with E-state index in [9.17, 15) is 0 Å². The van der Waals surface area contributed by atoms with Gasteiger partial charge in [0.25, 0.3) is 0 Å². The van der Waals surface area contributed by atoms with Crippen LogP contribution in [0.15, 0.2) is 29.8 Å². The second kappa shape index (κ2) is 8.15. The lowest BCUT2D eigenvalue weighted by atomic mass is 10.2. The van der Waals surface area contributed by atoms with Crippen LogP contribution in [0.2, 0.25) is 0 Å². The van der Waals surface area contributed by atoms with Gasteiger partial charge in [0.15, 0.2) is 0 Å². The first-order chi connectivity index (χ1) is 12.4. The highest BCUT2D eigenvalue weighted by atomic mass is 32.1. The summed E-state index contributed by atoms with van der Waals surface area (Å²) >= 11 is 1.84. The SMILES string of the molecule is c1csc(CN2CCC(Nc3nccc(N4CCCCCC4)n3)C2)c1. The van der Waals surface area contributed by atoms with Crippen LogP contribution < -0.4 is 10.2 Å². The highest BCUT2D eigenvalue weighted by Crippen LogP contribution is 2.21. The van der Waals surface area contributed by atoms with Gasteiger partial charge < -0.3 is 10.2 Å². The molecule has 0 bridgehead atoms. The predicted molar refractivity (Wildman–Crippen MR) is 104 cm³/mol. The molecule has 5 nitrogen and oxygen atoms in total. The standard InChI is InChI=1S/C19H27N5S/c1-2-4-11-24(10-3-1)18-7-9-20-19(22-18)21-16-8-12-23(14-16)15-17-6-5-13-25-17/h5-7,9,13,16H,1-4,8,10-12,14-15H2,(H,20,21,22). The molecule has 0 radical (unpaired) electrons. The highest BCUT2D eigenvalue weighted by Gasteiger charge is 2.23. The molecular weight excluding hydrogens is 330 g/mol. The van der Waals surface area contributed by atoms with Crippen molar-refractivity contribution < 1.29 is 0 Å². The Bertz CT molecular complexity index is 652. The first-order valence-electron chi connectivity index (χ1n) is 9.46. The van der Waals surface area contributed by atoms with Crippen LogP contribution in [0, 0.1) is 0 Å². The van der Waals surface area contributed by atoms with Crippen LogP contribution in [0.4, 0.5) is 11.8 Å². The molecule has 2 saturated heterocycles. The van der Waals surface area contributed by atoms with Crippen molar-refractivity contribution in [1.29, 1.82) is 0 Å². The molecule has 4 heterocycles. The third-order valence-electron chi connectivity index (χ3n) is 5.14. The fraction of sp³-hybridized carbons (Fsp3) is 0.579. The van der Waals surface area contributed by atoms with Crippen LogP contribution in [0.3, 0.4) is 0 Å². The van der Waals surface area contributed by atoms with Gasteiger partial charge in [-0.05, 0) is 36.8 Å². The molecule has 25 heavy (non-hydrogen) atoms. The molecule has 1 atom stereocenters. The van der Waals surface area contributed by atoms with E-state index in [0.29, 0.717) is 6.04 Å². The van der Waals surface area contributed by atoms with E-state index in [1.165, 1.54) is 30.6 Å². The second-order valence-electron chi connectivity index (χ2n) is 7.08. The molecule has 4 rings (SSSR count). The number of nitrogens with one attached hydrogen (secondary N) is 1. The van der Waals surface area contributed by atoms with E-state index in [-0.39, 0.29) is 0 Å². The predicted octanol–water partition coefficient (Wildman–Crippen LogP) is 3.60. The summed E-state index contributed by atoms with van der Waals surface area (Å²) in [5.74, 6) is 1.86. The van der Waals surface area contributed by atoms with Gasteiger partial charge in [-0.15, -0.1) is 11.3 Å². The van der Waals surface area contributed by atoms with Gasteiger partial charge in [-0.1, -0.05) is 18.9 Å². The van der Waals surface area contributed by atoms with Crippen molar-refractivity contribution in [3.8, 4) is 0 Å². The molecule has 0 aromatic carbocycles. The Morgan fingerprint density at radius 1 is 1.12 bits per heavy atom. The lowest BCUT2D eigenvalue weighted by molar-refractivity contribution is 0.331. The molecule has 6 heteroatoms. The van der Waals surface area contributed by atoms with E-state index < -0.39 is 0 Å². The summed E-state index contributed by atoms with van der Waals surface area (Å²) in [6.07, 6.45) is 8.28. The normalized spacial score (nSPS) is 22.1. The Kier molecular flexibility index (Phi) is 5.47. The van der Waals surface area contributed by atoms with Crippen LogP contribution in [-0.2, 0) is 6.54 Å². The van der Waals surface area contributed by atoms with E-state index in [0.717, 1.165) is 50.9 Å². The number of likely N-dealkylation sites (tertiary alicyclic amines) is 1. The van der Waals surface area contributed by atoms with E-state index in [1.807, 2.05) is 23.6 Å². The number of hydrogen-bond acceptors (Lipinski definition) is 6. The molecule has 2 aliphatic heterocycles. The number of rotatable bonds is 5. The summed E-state index contributed by atoms with van der Waals surface area (Å²) in [7, 11) is 0. The largest absolute Gasteiger partial charge is 0.356 e. The van der Waals surface area contributed by atoms with Crippen molar-refractivity contribution >= 4 is 23.1 Å². The zero-order valence-corrected chi connectivity index (χ0v) is 15.5. The van der Waals surface area contributed by atoms with E-state index in [1.54, 1.807) is 0 Å². The van der Waals surface area contributed by atoms with Crippen molar-refractivity contribution in [3.05, 3.63) is 34.7 Å². The van der Waals surface area contributed by atoms with Crippen LogP contribution in [0.25, 0.3) is 0 Å². The van der Waals surface area contributed by atoms with Gasteiger partial charge in [-0.2, -0.15) is 4.98 Å². The Balaban J connectivity index is 1.34. The maximum Gasteiger partial charge on any atom is 0.224 e. The van der Waals surface area contributed by atoms with Crippen molar-refractivity contribution in [2.75, 3.05) is 36.4 Å². The molecule has 2 aromatic rings. The van der Waals surface area contributed by atoms with Gasteiger partial charge in [-0.3, -0.25) is 4.90 Å². The number of hydrogen-bond donors (Lipinski definition) is 1. The zero-order chi connectivity index (χ0) is 16.9. The second-order valence-corrected chi connectivity index (χ2v) is 8.12. The maximum atomic E-state index is 4.79. The summed E-state index contributed by atoms with van der Waals surface area (Å²) in [5, 5.41) is 5.71. The summed E-state index contributed by atoms with van der Waals surface area (Å²) in [6.45, 7) is 5.50. The van der Waals surface area contributed by atoms with Crippen LogP contribution >= 0.6 is 11.3 Å². The van der Waals surface area contributed by atoms with Gasteiger partial charge in [-0.25, -0.2) is 4.98 Å². The summed E-state index contributed by atoms with van der Waals surface area (Å²) in [4.78, 5) is 15.6. The lowest BCUT2D eigenvalue weighted by Crippen LogP contribution is -2.28. The molecule has 1 N–H and O–H groups in total. The Hall–Kier alpha value is -1.66. The third kappa shape index (κ3) is 4.50. The minimum Gasteiger partial charge on any atom is -0.356 e. The monoisotopic (exact) mass is 357 g/mol. The average Bonchev–Trinajstić information content (AvgIpc) is 3.21. The minimum atomic E-state index is 0.444. The first kappa shape index (κ1) is 16.8. The third-order valence-corrected chi connectivity index (χ3v) is 6.00. The molecule has 0 spiro atoms. The van der Waals surface area contributed by atoms with Gasteiger partial charge in [0, 0.05) is 49.8 Å². The Labute approximate surface area is 154 Å². The van der Waals surface area contributed by atoms with Gasteiger partial charge in [0.05, 0.1) is 0 Å². The molecule has 2 fully saturated rings. The zero-order valence-electron chi connectivity index (χ0n) is 14.7. The number of anilines is 2. The quantitative estimate of drug-likeness (QED) is 0.886. The highest BCUT2D eigenvalue weighted by molar-refractivity contribution is 7.09.